The van der Waals surface area contributed by atoms with Crippen LogP contribution in [0, 0.1) is 5.82 Å². The lowest BCUT2D eigenvalue weighted by Gasteiger charge is -2.15. The molecule has 0 atom stereocenters. The summed E-state index contributed by atoms with van der Waals surface area (Å²) in [5.41, 5.74) is 1.24. The fourth-order valence-electron chi connectivity index (χ4n) is 2.32. The predicted octanol–water partition coefficient (Wildman–Crippen LogP) is 2.61. The largest absolute Gasteiger partial charge is 0.339 e. The lowest BCUT2D eigenvalue weighted by atomic mass is 10.1. The fourth-order valence-corrected chi connectivity index (χ4v) is 2.32. The van der Waals surface area contributed by atoms with Gasteiger partial charge in [0.1, 0.15) is 5.82 Å². The summed E-state index contributed by atoms with van der Waals surface area (Å²) in [7, 11) is 0. The van der Waals surface area contributed by atoms with Crippen LogP contribution in [-0.2, 0) is 0 Å². The Labute approximate surface area is 104 Å². The fraction of sp³-hybridized carbons (Fsp3) is 0.286. The van der Waals surface area contributed by atoms with Gasteiger partial charge >= 0.3 is 0 Å². The van der Waals surface area contributed by atoms with Gasteiger partial charge in [0, 0.05) is 24.7 Å². The quantitative estimate of drug-likeness (QED) is 0.772. The Morgan fingerprint density at radius 3 is 2.78 bits per heavy atom. The van der Waals surface area contributed by atoms with Crippen molar-refractivity contribution < 1.29 is 9.18 Å². The SMILES string of the molecule is O=C(c1cnc2ccc(F)cc2c1)N1CCCC1. The van der Waals surface area contributed by atoms with Crippen LogP contribution in [0.1, 0.15) is 23.2 Å². The number of amides is 1. The van der Waals surface area contributed by atoms with Gasteiger partial charge in [-0.15, -0.1) is 0 Å². The maximum Gasteiger partial charge on any atom is 0.255 e. The van der Waals surface area contributed by atoms with Gasteiger partial charge in [0.05, 0.1) is 11.1 Å². The van der Waals surface area contributed by atoms with Gasteiger partial charge in [-0.1, -0.05) is 0 Å². The highest BCUT2D eigenvalue weighted by Gasteiger charge is 2.19. The molecule has 3 rings (SSSR count). The first-order valence-electron chi connectivity index (χ1n) is 6.09. The summed E-state index contributed by atoms with van der Waals surface area (Å²) in [4.78, 5) is 18.2. The molecule has 0 unspecified atom stereocenters. The molecule has 1 aliphatic rings. The van der Waals surface area contributed by atoms with E-state index in [1.807, 2.05) is 4.90 Å². The maximum atomic E-state index is 13.1. The Kier molecular flexibility index (Phi) is 2.70. The second kappa shape index (κ2) is 4.37. The molecule has 0 spiro atoms. The molecule has 1 amide bonds. The molecule has 0 bridgehead atoms. The van der Waals surface area contributed by atoms with Crippen molar-refractivity contribution in [3.63, 3.8) is 0 Å². The second-order valence-electron chi connectivity index (χ2n) is 4.56. The molecule has 0 aliphatic carbocycles. The van der Waals surface area contributed by atoms with Crippen LogP contribution in [0.5, 0.6) is 0 Å². The number of carbonyl (C=O) groups excluding carboxylic acids is 1. The van der Waals surface area contributed by atoms with E-state index in [0.29, 0.717) is 16.5 Å². The van der Waals surface area contributed by atoms with Crippen LogP contribution in [0.25, 0.3) is 10.9 Å². The molecule has 0 saturated carbocycles. The predicted molar refractivity (Wildman–Crippen MR) is 66.8 cm³/mol. The first-order chi connectivity index (χ1) is 8.74. The van der Waals surface area contributed by atoms with Gasteiger partial charge in [-0.05, 0) is 37.1 Å². The molecule has 2 aromatic rings. The van der Waals surface area contributed by atoms with Crippen molar-refractivity contribution in [1.82, 2.24) is 9.88 Å². The summed E-state index contributed by atoms with van der Waals surface area (Å²) in [5, 5.41) is 0.667. The molecule has 2 heterocycles. The van der Waals surface area contributed by atoms with Crippen LogP contribution in [0.4, 0.5) is 4.39 Å². The number of rotatable bonds is 1. The average Bonchev–Trinajstić information content (AvgIpc) is 2.90. The topological polar surface area (TPSA) is 33.2 Å². The lowest BCUT2D eigenvalue weighted by Crippen LogP contribution is -2.27. The van der Waals surface area contributed by atoms with Crippen molar-refractivity contribution in [2.75, 3.05) is 13.1 Å². The Balaban J connectivity index is 1.99. The van der Waals surface area contributed by atoms with E-state index in [4.69, 9.17) is 0 Å². The van der Waals surface area contributed by atoms with Crippen LogP contribution in [0.3, 0.4) is 0 Å². The first-order valence-corrected chi connectivity index (χ1v) is 6.09. The summed E-state index contributed by atoms with van der Waals surface area (Å²) in [6.07, 6.45) is 3.68. The van der Waals surface area contributed by atoms with Crippen molar-refractivity contribution in [3.8, 4) is 0 Å². The lowest BCUT2D eigenvalue weighted by molar-refractivity contribution is 0.0792. The number of aromatic nitrogens is 1. The molecule has 1 aromatic carbocycles. The number of nitrogens with zero attached hydrogens (tertiary/aromatic N) is 2. The Morgan fingerprint density at radius 2 is 2.00 bits per heavy atom. The van der Waals surface area contributed by atoms with E-state index in [2.05, 4.69) is 4.98 Å². The minimum atomic E-state index is -0.310. The van der Waals surface area contributed by atoms with Crippen LogP contribution < -0.4 is 0 Å². The minimum Gasteiger partial charge on any atom is -0.339 e. The third-order valence-electron chi connectivity index (χ3n) is 3.28. The van der Waals surface area contributed by atoms with Gasteiger partial charge in [0.2, 0.25) is 0 Å². The summed E-state index contributed by atoms with van der Waals surface area (Å²) >= 11 is 0. The summed E-state index contributed by atoms with van der Waals surface area (Å²) in [6.45, 7) is 1.61. The standard InChI is InChI=1S/C14H13FN2O/c15-12-3-4-13-10(8-12)7-11(9-16-13)14(18)17-5-1-2-6-17/h3-4,7-9H,1-2,5-6H2. The molecule has 0 N–H and O–H groups in total. The summed E-state index contributed by atoms with van der Waals surface area (Å²) in [6, 6.07) is 6.11. The average molecular weight is 244 g/mol. The molecular weight excluding hydrogens is 231 g/mol. The van der Waals surface area contributed by atoms with Gasteiger partial charge < -0.3 is 4.90 Å². The molecule has 0 radical (unpaired) electrons. The molecule has 1 fully saturated rings. The van der Waals surface area contributed by atoms with Crippen LogP contribution >= 0.6 is 0 Å². The second-order valence-corrected chi connectivity index (χ2v) is 4.56. The first kappa shape index (κ1) is 11.1. The van der Waals surface area contributed by atoms with E-state index in [-0.39, 0.29) is 11.7 Å². The van der Waals surface area contributed by atoms with Crippen LogP contribution in [0.2, 0.25) is 0 Å². The molecule has 18 heavy (non-hydrogen) atoms. The zero-order valence-corrected chi connectivity index (χ0v) is 9.90. The third kappa shape index (κ3) is 1.94. The number of pyridine rings is 1. The van der Waals surface area contributed by atoms with E-state index in [1.165, 1.54) is 12.1 Å². The molecular formula is C14H13FN2O. The number of benzene rings is 1. The van der Waals surface area contributed by atoms with Crippen LogP contribution in [-0.4, -0.2) is 28.9 Å². The monoisotopic (exact) mass is 244 g/mol. The third-order valence-corrected chi connectivity index (χ3v) is 3.28. The highest BCUT2D eigenvalue weighted by Crippen LogP contribution is 2.18. The summed E-state index contributed by atoms with van der Waals surface area (Å²) in [5.74, 6) is -0.318. The molecule has 1 saturated heterocycles. The van der Waals surface area contributed by atoms with Crippen molar-refractivity contribution in [2.45, 2.75) is 12.8 Å². The Hall–Kier alpha value is -1.97. The summed E-state index contributed by atoms with van der Waals surface area (Å²) < 4.78 is 13.1. The highest BCUT2D eigenvalue weighted by molar-refractivity contribution is 5.97. The highest BCUT2D eigenvalue weighted by atomic mass is 19.1. The molecule has 1 aliphatic heterocycles. The van der Waals surface area contributed by atoms with Gasteiger partial charge in [0.25, 0.3) is 5.91 Å². The molecule has 3 nitrogen and oxygen atoms in total. The maximum absolute atomic E-state index is 13.1. The van der Waals surface area contributed by atoms with Crippen molar-refractivity contribution in [3.05, 3.63) is 41.8 Å². The van der Waals surface area contributed by atoms with E-state index >= 15 is 0 Å². The Bertz CT molecular complexity index is 606. The van der Waals surface area contributed by atoms with Crippen molar-refractivity contribution in [1.29, 1.82) is 0 Å². The number of hydrogen-bond acceptors (Lipinski definition) is 2. The van der Waals surface area contributed by atoms with E-state index in [9.17, 15) is 9.18 Å². The normalized spacial score (nSPS) is 15.3. The number of carbonyl (C=O) groups is 1. The van der Waals surface area contributed by atoms with E-state index < -0.39 is 0 Å². The minimum absolute atomic E-state index is 0.00818. The van der Waals surface area contributed by atoms with E-state index in [1.54, 1.807) is 18.3 Å². The number of halogens is 1. The Morgan fingerprint density at radius 1 is 1.22 bits per heavy atom. The number of likely N-dealkylation sites (tertiary alicyclic amines) is 1. The molecule has 1 aromatic heterocycles. The number of hydrogen-bond donors (Lipinski definition) is 0. The van der Waals surface area contributed by atoms with Gasteiger partial charge in [-0.3, -0.25) is 9.78 Å². The van der Waals surface area contributed by atoms with Gasteiger partial charge in [0.15, 0.2) is 0 Å². The van der Waals surface area contributed by atoms with E-state index in [0.717, 1.165) is 25.9 Å². The van der Waals surface area contributed by atoms with Crippen molar-refractivity contribution >= 4 is 16.8 Å². The van der Waals surface area contributed by atoms with Crippen LogP contribution in [0.15, 0.2) is 30.5 Å². The number of fused-ring (bicyclic) bond motifs is 1. The zero-order valence-electron chi connectivity index (χ0n) is 9.90. The smallest absolute Gasteiger partial charge is 0.255 e. The van der Waals surface area contributed by atoms with Gasteiger partial charge in [-0.25, -0.2) is 4.39 Å². The molecule has 4 heteroatoms. The zero-order chi connectivity index (χ0) is 12.5. The van der Waals surface area contributed by atoms with Gasteiger partial charge in [-0.2, -0.15) is 0 Å². The van der Waals surface area contributed by atoms with Crippen molar-refractivity contribution in [2.24, 2.45) is 0 Å². The molecule has 92 valence electrons.